The Morgan fingerprint density at radius 2 is 1.65 bits per heavy atom. The lowest BCUT2D eigenvalue weighted by molar-refractivity contribution is 0.0730. The molecule has 4 N–H and O–H groups in total. The van der Waals surface area contributed by atoms with Gasteiger partial charge < -0.3 is 25.8 Å². The zero-order valence-electron chi connectivity index (χ0n) is 18.9. The minimum atomic E-state index is -0.626. The van der Waals surface area contributed by atoms with Crippen molar-refractivity contribution in [2.45, 2.75) is 89.6 Å². The fourth-order valence-corrected chi connectivity index (χ4v) is 4.51. The summed E-state index contributed by atoms with van der Waals surface area (Å²) in [7, 11) is 0. The first-order chi connectivity index (χ1) is 15.0. The van der Waals surface area contributed by atoms with E-state index in [0.717, 1.165) is 55.6 Å². The molecule has 1 atom stereocenters. The van der Waals surface area contributed by atoms with Crippen LogP contribution in [-0.4, -0.2) is 57.4 Å². The fourth-order valence-electron chi connectivity index (χ4n) is 4.51. The highest BCUT2D eigenvalue weighted by atomic mass is 16.5. The molecule has 3 heterocycles. The van der Waals surface area contributed by atoms with Gasteiger partial charge in [0.1, 0.15) is 5.82 Å². The molecule has 1 saturated carbocycles. The Kier molecular flexibility index (Phi) is 7.20. The molecule has 8 nitrogen and oxygen atoms in total. The molecule has 0 spiro atoms. The predicted octanol–water partition coefficient (Wildman–Crippen LogP) is 3.39. The summed E-state index contributed by atoms with van der Waals surface area (Å²) >= 11 is 0. The number of nitrogens with zero attached hydrogens (tertiary/aromatic N) is 3. The van der Waals surface area contributed by atoms with E-state index < -0.39 is 6.10 Å². The van der Waals surface area contributed by atoms with Gasteiger partial charge >= 0.3 is 0 Å². The number of aromatic nitrogens is 3. The maximum atomic E-state index is 9.90. The van der Waals surface area contributed by atoms with Crippen LogP contribution in [0.25, 0.3) is 10.9 Å². The lowest BCUT2D eigenvalue weighted by atomic mass is 9.90. The molecule has 1 aliphatic carbocycles. The van der Waals surface area contributed by atoms with Crippen LogP contribution in [0.1, 0.15) is 71.1 Å². The van der Waals surface area contributed by atoms with Gasteiger partial charge in [-0.05, 0) is 65.4 Å². The number of anilines is 2. The van der Waals surface area contributed by atoms with Gasteiger partial charge in [-0.2, -0.15) is 4.98 Å². The summed E-state index contributed by atoms with van der Waals surface area (Å²) in [6, 6.07) is 3.69. The highest BCUT2D eigenvalue weighted by molar-refractivity contribution is 5.90. The van der Waals surface area contributed by atoms with Crippen LogP contribution in [0.5, 0.6) is 0 Å². The third-order valence-corrected chi connectivity index (χ3v) is 6.21. The number of rotatable bonds is 7. The summed E-state index contributed by atoms with van der Waals surface area (Å²) in [4.78, 5) is 13.9. The van der Waals surface area contributed by atoms with E-state index >= 15 is 0 Å². The summed E-state index contributed by atoms with van der Waals surface area (Å²) in [6.07, 6.45) is 7.89. The van der Waals surface area contributed by atoms with Crippen molar-refractivity contribution in [3.8, 4) is 0 Å². The Bertz CT molecular complexity index is 861. The molecule has 2 aliphatic rings. The van der Waals surface area contributed by atoms with Crippen molar-refractivity contribution in [3.63, 3.8) is 0 Å². The van der Waals surface area contributed by atoms with E-state index in [1.807, 2.05) is 6.07 Å². The molecule has 0 radical (unpaired) electrons. The van der Waals surface area contributed by atoms with Crippen LogP contribution in [-0.2, 0) is 4.74 Å². The number of aliphatic hydroxyl groups is 1. The topological polar surface area (TPSA) is 104 Å². The molecule has 0 aromatic carbocycles. The molecule has 2 aromatic heterocycles. The second-order valence-electron chi connectivity index (χ2n) is 9.24. The third-order valence-electron chi connectivity index (χ3n) is 6.21. The van der Waals surface area contributed by atoms with Gasteiger partial charge in [0.15, 0.2) is 0 Å². The fraction of sp³-hybridized carbons (Fsp3) is 0.696. The largest absolute Gasteiger partial charge is 0.387 e. The minimum Gasteiger partial charge on any atom is -0.387 e. The van der Waals surface area contributed by atoms with E-state index in [2.05, 4.69) is 34.8 Å². The molecule has 0 amide bonds. The number of pyridine rings is 1. The van der Waals surface area contributed by atoms with E-state index in [1.54, 1.807) is 13.1 Å². The summed E-state index contributed by atoms with van der Waals surface area (Å²) in [6.45, 7) is 7.66. The highest BCUT2D eigenvalue weighted by Crippen LogP contribution is 2.27. The first kappa shape index (κ1) is 22.2. The maximum absolute atomic E-state index is 9.90. The van der Waals surface area contributed by atoms with Crippen LogP contribution in [0.4, 0.5) is 11.8 Å². The average molecular weight is 429 g/mol. The van der Waals surface area contributed by atoms with Crippen LogP contribution in [0.2, 0.25) is 0 Å². The number of hydrogen-bond donors (Lipinski definition) is 4. The van der Waals surface area contributed by atoms with Crippen molar-refractivity contribution in [2.75, 3.05) is 23.8 Å². The first-order valence-electron chi connectivity index (χ1n) is 11.7. The van der Waals surface area contributed by atoms with Crippen molar-refractivity contribution in [2.24, 2.45) is 0 Å². The summed E-state index contributed by atoms with van der Waals surface area (Å²) < 4.78 is 5.47. The zero-order valence-corrected chi connectivity index (χ0v) is 18.9. The molecule has 4 rings (SSSR count). The smallest absolute Gasteiger partial charge is 0.225 e. The van der Waals surface area contributed by atoms with Crippen LogP contribution in [0, 0.1) is 0 Å². The summed E-state index contributed by atoms with van der Waals surface area (Å²) in [5.41, 5.74) is 1.40. The Labute approximate surface area is 184 Å². The van der Waals surface area contributed by atoms with E-state index in [-0.39, 0.29) is 6.04 Å². The Balaban J connectivity index is 1.42. The molecular formula is C23H36N6O2. The van der Waals surface area contributed by atoms with Gasteiger partial charge in [0.05, 0.1) is 23.5 Å². The molecule has 8 heteroatoms. The SMILES string of the molecule is CC(C)Nc1nc(NC2CCC(NC3CCOCC3)CC2)nc2cnc([C@@H](C)O)cc12. The number of aliphatic hydroxyl groups excluding tert-OH is 1. The second kappa shape index (κ2) is 10.1. The molecule has 0 bridgehead atoms. The van der Waals surface area contributed by atoms with Crippen molar-refractivity contribution < 1.29 is 9.84 Å². The van der Waals surface area contributed by atoms with Crippen molar-refractivity contribution in [1.29, 1.82) is 0 Å². The molecule has 170 valence electrons. The molecular weight excluding hydrogens is 392 g/mol. The molecule has 2 aromatic rings. The molecule has 1 aliphatic heterocycles. The highest BCUT2D eigenvalue weighted by Gasteiger charge is 2.25. The first-order valence-corrected chi connectivity index (χ1v) is 11.7. The van der Waals surface area contributed by atoms with E-state index in [4.69, 9.17) is 14.7 Å². The third kappa shape index (κ3) is 5.81. The van der Waals surface area contributed by atoms with Crippen LogP contribution >= 0.6 is 0 Å². The van der Waals surface area contributed by atoms with Crippen molar-refractivity contribution in [1.82, 2.24) is 20.3 Å². The van der Waals surface area contributed by atoms with Gasteiger partial charge in [-0.15, -0.1) is 0 Å². The molecule has 0 unspecified atom stereocenters. The number of fused-ring (bicyclic) bond motifs is 1. The molecule has 1 saturated heterocycles. The molecule has 2 fully saturated rings. The Hall–Kier alpha value is -2.03. The van der Waals surface area contributed by atoms with Gasteiger partial charge in [-0.25, -0.2) is 4.98 Å². The van der Waals surface area contributed by atoms with Gasteiger partial charge in [0.25, 0.3) is 0 Å². The van der Waals surface area contributed by atoms with Crippen LogP contribution in [0.3, 0.4) is 0 Å². The van der Waals surface area contributed by atoms with Gasteiger partial charge in [0.2, 0.25) is 5.95 Å². The van der Waals surface area contributed by atoms with E-state index in [9.17, 15) is 5.11 Å². The summed E-state index contributed by atoms with van der Waals surface area (Å²) in [5, 5.41) is 21.6. The normalized spacial score (nSPS) is 23.8. The lowest BCUT2D eigenvalue weighted by Crippen LogP contribution is -2.44. The average Bonchev–Trinajstić information content (AvgIpc) is 2.75. The number of nitrogens with one attached hydrogen (secondary N) is 3. The Morgan fingerprint density at radius 1 is 0.968 bits per heavy atom. The maximum Gasteiger partial charge on any atom is 0.225 e. The van der Waals surface area contributed by atoms with Crippen LogP contribution < -0.4 is 16.0 Å². The van der Waals surface area contributed by atoms with Gasteiger partial charge in [-0.1, -0.05) is 0 Å². The van der Waals surface area contributed by atoms with E-state index in [1.165, 1.54) is 12.8 Å². The second-order valence-corrected chi connectivity index (χ2v) is 9.24. The monoisotopic (exact) mass is 428 g/mol. The number of hydrogen-bond acceptors (Lipinski definition) is 8. The molecule has 31 heavy (non-hydrogen) atoms. The quantitative estimate of drug-likeness (QED) is 0.532. The number of ether oxygens (including phenoxy) is 1. The van der Waals surface area contributed by atoms with E-state index in [0.29, 0.717) is 29.8 Å². The standard InChI is InChI=1S/C23H36N6O2/c1-14(2)25-22-19-12-20(15(3)30)24-13-21(19)28-23(29-22)27-17-6-4-16(5-7-17)26-18-8-10-31-11-9-18/h12-18,26,30H,4-11H2,1-3H3,(H2,25,27,28,29)/t15-,16?,17?/m1/s1. The van der Waals surface area contributed by atoms with Crippen molar-refractivity contribution >= 4 is 22.7 Å². The summed E-state index contributed by atoms with van der Waals surface area (Å²) in [5.74, 6) is 1.42. The Morgan fingerprint density at radius 3 is 2.32 bits per heavy atom. The van der Waals surface area contributed by atoms with Gasteiger partial charge in [0, 0.05) is 42.8 Å². The minimum absolute atomic E-state index is 0.237. The zero-order chi connectivity index (χ0) is 21.8. The van der Waals surface area contributed by atoms with Crippen LogP contribution in [0.15, 0.2) is 12.3 Å². The lowest BCUT2D eigenvalue weighted by Gasteiger charge is -2.34. The predicted molar refractivity (Wildman–Crippen MR) is 123 cm³/mol. The van der Waals surface area contributed by atoms with Gasteiger partial charge in [-0.3, -0.25) is 4.98 Å². The van der Waals surface area contributed by atoms with Crippen molar-refractivity contribution in [3.05, 3.63) is 18.0 Å².